The summed E-state index contributed by atoms with van der Waals surface area (Å²) in [5.74, 6) is -0.460. The molecule has 0 radical (unpaired) electrons. The number of pyridine rings is 1. The van der Waals surface area contributed by atoms with Gasteiger partial charge in [0.25, 0.3) is 5.91 Å². The molecule has 4 N–H and O–H groups in total. The summed E-state index contributed by atoms with van der Waals surface area (Å²) in [4.78, 5) is 28.6. The summed E-state index contributed by atoms with van der Waals surface area (Å²) in [7, 11) is 0. The fourth-order valence-electron chi connectivity index (χ4n) is 4.35. The molecule has 2 aromatic carbocycles. The van der Waals surface area contributed by atoms with E-state index in [4.69, 9.17) is 11.6 Å². The number of rotatable bonds is 12. The van der Waals surface area contributed by atoms with Crippen LogP contribution in [0.4, 0.5) is 0 Å². The number of carbonyl (C=O) groups is 1. The molecule has 0 bridgehead atoms. The van der Waals surface area contributed by atoms with E-state index in [0.29, 0.717) is 36.5 Å². The van der Waals surface area contributed by atoms with Crippen LogP contribution in [-0.2, 0) is 19.6 Å². The Morgan fingerprint density at radius 1 is 1.13 bits per heavy atom. The van der Waals surface area contributed by atoms with E-state index < -0.39 is 12.0 Å². The lowest BCUT2D eigenvalue weighted by molar-refractivity contribution is 0.0949. The monoisotopic (exact) mass is 565 g/mol. The molecule has 0 aliphatic heterocycles. The third-order valence-electron chi connectivity index (χ3n) is 6.33. The number of aliphatic hydroxyl groups is 2. The third-order valence-corrected chi connectivity index (χ3v) is 7.82. The number of thiophene rings is 1. The van der Waals surface area contributed by atoms with Crippen molar-refractivity contribution >= 4 is 45.1 Å². The minimum Gasteiger partial charge on any atom is -0.396 e. The SMILES string of the molecule is C/C=C/c1c(CNC[C@@H](O)c2ccccc2)sc2c1c(=O)c(C(=O)NCc1ccc(Cl)cc1)cn2CCCO. The van der Waals surface area contributed by atoms with Crippen LogP contribution in [0.25, 0.3) is 16.3 Å². The average Bonchev–Trinajstić information content (AvgIpc) is 3.31. The highest BCUT2D eigenvalue weighted by Gasteiger charge is 2.21. The van der Waals surface area contributed by atoms with Gasteiger partial charge in [-0.2, -0.15) is 0 Å². The summed E-state index contributed by atoms with van der Waals surface area (Å²) < 4.78 is 1.88. The lowest BCUT2D eigenvalue weighted by Crippen LogP contribution is -2.29. The number of benzene rings is 2. The minimum absolute atomic E-state index is 0.00933. The highest BCUT2D eigenvalue weighted by Crippen LogP contribution is 2.31. The number of aryl methyl sites for hydroxylation is 1. The molecule has 0 aliphatic carbocycles. The summed E-state index contributed by atoms with van der Waals surface area (Å²) >= 11 is 7.43. The summed E-state index contributed by atoms with van der Waals surface area (Å²) in [5, 5.41) is 27.2. The first-order chi connectivity index (χ1) is 18.9. The van der Waals surface area contributed by atoms with Crippen LogP contribution in [0.1, 0.15) is 51.4 Å². The number of hydrogen-bond donors (Lipinski definition) is 4. The van der Waals surface area contributed by atoms with Gasteiger partial charge in [0, 0.05) is 54.4 Å². The van der Waals surface area contributed by atoms with E-state index in [-0.39, 0.29) is 24.1 Å². The maximum Gasteiger partial charge on any atom is 0.257 e. The Bertz CT molecular complexity index is 1500. The van der Waals surface area contributed by atoms with Gasteiger partial charge < -0.3 is 25.4 Å². The second kappa shape index (κ2) is 13.7. The average molecular weight is 566 g/mol. The molecule has 1 amide bonds. The van der Waals surface area contributed by atoms with Crippen molar-refractivity contribution in [2.45, 2.75) is 39.1 Å². The standard InChI is InChI=1S/C30H32ClN3O4S/c1-2-7-23-26(18-32-17-25(36)21-8-4-3-5-9-21)39-30-27(23)28(37)24(19-34(30)14-6-15-35)29(38)33-16-20-10-12-22(31)13-11-20/h2-5,7-13,19,25,32,35-36H,6,14-18H2,1H3,(H,33,38)/b7-2+/t25-/m1/s1. The first kappa shape index (κ1) is 28.7. The number of allylic oxidation sites excluding steroid dienone is 1. The van der Waals surface area contributed by atoms with E-state index in [1.807, 2.05) is 66.1 Å². The number of carbonyl (C=O) groups excluding carboxylic acids is 1. The lowest BCUT2D eigenvalue weighted by Gasteiger charge is -2.12. The van der Waals surface area contributed by atoms with Gasteiger partial charge in [0.05, 0.1) is 11.5 Å². The van der Waals surface area contributed by atoms with E-state index in [0.717, 1.165) is 26.4 Å². The summed E-state index contributed by atoms with van der Waals surface area (Å²) in [5.41, 5.74) is 2.17. The molecule has 0 fully saturated rings. The van der Waals surface area contributed by atoms with Gasteiger partial charge in [-0.25, -0.2) is 0 Å². The number of nitrogens with zero attached hydrogens (tertiary/aromatic N) is 1. The Morgan fingerprint density at radius 2 is 1.87 bits per heavy atom. The molecular formula is C30H32ClN3O4S. The molecule has 9 heteroatoms. The van der Waals surface area contributed by atoms with Crippen molar-refractivity contribution in [3.8, 4) is 0 Å². The van der Waals surface area contributed by atoms with Crippen molar-refractivity contribution in [1.82, 2.24) is 15.2 Å². The zero-order chi connectivity index (χ0) is 27.8. The number of nitrogens with one attached hydrogen (secondary N) is 2. The van der Waals surface area contributed by atoms with Crippen LogP contribution in [0.3, 0.4) is 0 Å². The van der Waals surface area contributed by atoms with Crippen molar-refractivity contribution < 1.29 is 15.0 Å². The topological polar surface area (TPSA) is 104 Å². The Kier molecular flexibility index (Phi) is 10.1. The maximum absolute atomic E-state index is 13.7. The van der Waals surface area contributed by atoms with E-state index in [9.17, 15) is 19.8 Å². The van der Waals surface area contributed by atoms with E-state index >= 15 is 0 Å². The Hall–Kier alpha value is -3.27. The minimum atomic E-state index is -0.661. The van der Waals surface area contributed by atoms with Crippen LogP contribution < -0.4 is 16.1 Å². The molecule has 2 aromatic heterocycles. The van der Waals surface area contributed by atoms with Gasteiger partial charge in [0.2, 0.25) is 5.43 Å². The second-order valence-electron chi connectivity index (χ2n) is 9.13. The van der Waals surface area contributed by atoms with Gasteiger partial charge in [-0.15, -0.1) is 11.3 Å². The molecule has 0 saturated heterocycles. The molecule has 4 rings (SSSR count). The van der Waals surface area contributed by atoms with Crippen LogP contribution in [0.2, 0.25) is 5.02 Å². The first-order valence-corrected chi connectivity index (χ1v) is 14.0. The van der Waals surface area contributed by atoms with E-state index in [1.54, 1.807) is 18.3 Å². The molecule has 7 nitrogen and oxygen atoms in total. The van der Waals surface area contributed by atoms with Gasteiger partial charge >= 0.3 is 0 Å². The van der Waals surface area contributed by atoms with Gasteiger partial charge in [-0.3, -0.25) is 9.59 Å². The predicted octanol–water partition coefficient (Wildman–Crippen LogP) is 4.89. The zero-order valence-corrected chi connectivity index (χ0v) is 23.3. The Morgan fingerprint density at radius 3 is 2.56 bits per heavy atom. The van der Waals surface area contributed by atoms with Crippen molar-refractivity contribution in [2.75, 3.05) is 13.2 Å². The predicted molar refractivity (Wildman–Crippen MR) is 158 cm³/mol. The van der Waals surface area contributed by atoms with E-state index in [2.05, 4.69) is 10.6 Å². The van der Waals surface area contributed by atoms with Crippen molar-refractivity contribution in [2.24, 2.45) is 0 Å². The van der Waals surface area contributed by atoms with Gasteiger partial charge in [0.1, 0.15) is 10.4 Å². The number of halogens is 1. The zero-order valence-electron chi connectivity index (χ0n) is 21.7. The quantitative estimate of drug-likeness (QED) is 0.196. The number of aliphatic hydroxyl groups excluding tert-OH is 2. The first-order valence-electron chi connectivity index (χ1n) is 12.8. The van der Waals surface area contributed by atoms with Crippen LogP contribution in [0.5, 0.6) is 0 Å². The third kappa shape index (κ3) is 7.03. The normalized spacial score (nSPS) is 12.3. The number of aromatic nitrogens is 1. The summed E-state index contributed by atoms with van der Waals surface area (Å²) in [6, 6.07) is 16.6. The number of fused-ring (bicyclic) bond motifs is 1. The highest BCUT2D eigenvalue weighted by molar-refractivity contribution is 7.19. The fourth-order valence-corrected chi connectivity index (χ4v) is 5.72. The smallest absolute Gasteiger partial charge is 0.257 e. The number of hydrogen-bond acceptors (Lipinski definition) is 6. The summed E-state index contributed by atoms with van der Waals surface area (Å²) in [6.45, 7) is 3.38. The van der Waals surface area contributed by atoms with Crippen LogP contribution in [-0.4, -0.2) is 33.8 Å². The van der Waals surface area contributed by atoms with Crippen molar-refractivity contribution in [3.63, 3.8) is 0 Å². The van der Waals surface area contributed by atoms with E-state index in [1.165, 1.54) is 11.3 Å². The second-order valence-corrected chi connectivity index (χ2v) is 10.6. The molecule has 0 unspecified atom stereocenters. The van der Waals surface area contributed by atoms with Gasteiger partial charge in [-0.05, 0) is 36.6 Å². The highest BCUT2D eigenvalue weighted by atomic mass is 35.5. The van der Waals surface area contributed by atoms with Crippen LogP contribution in [0, 0.1) is 0 Å². The molecule has 39 heavy (non-hydrogen) atoms. The molecule has 0 saturated carbocycles. The van der Waals surface area contributed by atoms with Gasteiger partial charge in [0.15, 0.2) is 0 Å². The molecule has 1 atom stereocenters. The van der Waals surface area contributed by atoms with Gasteiger partial charge in [-0.1, -0.05) is 66.2 Å². The Balaban J connectivity index is 1.64. The molecule has 204 valence electrons. The number of amides is 1. The van der Waals surface area contributed by atoms with Crippen LogP contribution in [0.15, 0.2) is 71.7 Å². The largest absolute Gasteiger partial charge is 0.396 e. The maximum atomic E-state index is 13.7. The molecule has 4 aromatic rings. The lowest BCUT2D eigenvalue weighted by atomic mass is 10.1. The Labute approximate surface area is 236 Å². The molecule has 2 heterocycles. The molecule has 0 aliphatic rings. The van der Waals surface area contributed by atoms with Crippen molar-refractivity contribution in [1.29, 1.82) is 0 Å². The fraction of sp³-hybridized carbons (Fsp3) is 0.267. The van der Waals surface area contributed by atoms with Crippen molar-refractivity contribution in [3.05, 3.63) is 109 Å². The molecular weight excluding hydrogens is 534 g/mol. The molecule has 0 spiro atoms. The summed E-state index contributed by atoms with van der Waals surface area (Å²) in [6.07, 6.45) is 5.17. The van der Waals surface area contributed by atoms with Crippen LogP contribution >= 0.6 is 22.9 Å².